The number of amides is 2. The summed E-state index contributed by atoms with van der Waals surface area (Å²) in [4.78, 5) is 28.5. The molecule has 1 atom stereocenters. The molecular formula is C15H21N3O3. The molecule has 1 aliphatic heterocycles. The third-order valence-electron chi connectivity index (χ3n) is 3.93. The van der Waals surface area contributed by atoms with Crippen LogP contribution in [0.3, 0.4) is 0 Å². The molecule has 6 heteroatoms. The third-order valence-corrected chi connectivity index (χ3v) is 3.93. The van der Waals surface area contributed by atoms with Crippen LogP contribution in [0.15, 0.2) is 18.3 Å². The Morgan fingerprint density at radius 2 is 2.10 bits per heavy atom. The first-order chi connectivity index (χ1) is 9.77. The third kappa shape index (κ3) is 3.71. The Bertz CT molecular complexity index is 534. The van der Waals surface area contributed by atoms with Gasteiger partial charge in [0.2, 0.25) is 0 Å². The maximum absolute atomic E-state index is 12.2. The van der Waals surface area contributed by atoms with Crippen LogP contribution in [-0.4, -0.2) is 40.1 Å². The molecule has 1 saturated heterocycles. The lowest BCUT2D eigenvalue weighted by Gasteiger charge is -2.27. The lowest BCUT2D eigenvalue weighted by molar-refractivity contribution is 0.0690. The Morgan fingerprint density at radius 3 is 2.57 bits per heavy atom. The highest BCUT2D eigenvalue weighted by Gasteiger charge is 2.33. The Kier molecular flexibility index (Phi) is 4.16. The van der Waals surface area contributed by atoms with Crippen molar-refractivity contribution in [1.82, 2.24) is 9.88 Å². The van der Waals surface area contributed by atoms with Crippen LogP contribution in [0.1, 0.15) is 37.7 Å². The van der Waals surface area contributed by atoms with Gasteiger partial charge in [-0.25, -0.2) is 14.6 Å². The van der Waals surface area contributed by atoms with Gasteiger partial charge >= 0.3 is 12.0 Å². The maximum Gasteiger partial charge on any atom is 0.354 e. The van der Waals surface area contributed by atoms with E-state index in [0.29, 0.717) is 11.6 Å². The van der Waals surface area contributed by atoms with E-state index in [-0.39, 0.29) is 17.1 Å². The number of nitrogens with one attached hydrogen (secondary N) is 1. The molecule has 1 fully saturated rings. The van der Waals surface area contributed by atoms with Crippen LogP contribution in [0.25, 0.3) is 0 Å². The Hall–Kier alpha value is -2.11. The molecule has 2 N–H and O–H groups in total. The van der Waals surface area contributed by atoms with E-state index in [1.165, 1.54) is 12.3 Å². The van der Waals surface area contributed by atoms with Crippen molar-refractivity contribution in [3.8, 4) is 0 Å². The predicted octanol–water partition coefficient (Wildman–Crippen LogP) is 2.68. The van der Waals surface area contributed by atoms with Gasteiger partial charge in [-0.1, -0.05) is 20.8 Å². The summed E-state index contributed by atoms with van der Waals surface area (Å²) < 4.78 is 0. The van der Waals surface area contributed by atoms with E-state index in [1.54, 1.807) is 11.0 Å². The summed E-state index contributed by atoms with van der Waals surface area (Å²) >= 11 is 0. The molecule has 1 unspecified atom stereocenters. The average molecular weight is 291 g/mol. The topological polar surface area (TPSA) is 82.5 Å². The van der Waals surface area contributed by atoms with Gasteiger partial charge in [-0.05, 0) is 29.9 Å². The monoisotopic (exact) mass is 291 g/mol. The largest absolute Gasteiger partial charge is 0.477 e. The molecule has 0 bridgehead atoms. The van der Waals surface area contributed by atoms with Gasteiger partial charge in [0.25, 0.3) is 0 Å². The summed E-state index contributed by atoms with van der Waals surface area (Å²) in [6, 6.07) is 2.76. The van der Waals surface area contributed by atoms with Gasteiger partial charge in [0, 0.05) is 13.1 Å². The number of carboxylic acid groups (broad SMARTS) is 1. The second kappa shape index (κ2) is 5.71. The maximum atomic E-state index is 12.2. The second-order valence-electron chi connectivity index (χ2n) is 6.47. The fourth-order valence-electron chi connectivity index (χ4n) is 2.45. The number of urea groups is 1. The smallest absolute Gasteiger partial charge is 0.354 e. The summed E-state index contributed by atoms with van der Waals surface area (Å²) in [7, 11) is 0. The molecule has 1 aromatic rings. The van der Waals surface area contributed by atoms with Crippen molar-refractivity contribution in [1.29, 1.82) is 0 Å². The zero-order valence-electron chi connectivity index (χ0n) is 12.6. The van der Waals surface area contributed by atoms with Gasteiger partial charge in [0.15, 0.2) is 0 Å². The molecule has 1 aliphatic rings. The molecule has 0 aromatic carbocycles. The van der Waals surface area contributed by atoms with Crippen LogP contribution in [0.5, 0.6) is 0 Å². The Morgan fingerprint density at radius 1 is 1.38 bits per heavy atom. The molecule has 2 amide bonds. The first kappa shape index (κ1) is 15.3. The minimum absolute atomic E-state index is 0.0398. The summed E-state index contributed by atoms with van der Waals surface area (Å²) in [5.74, 6) is -0.587. The van der Waals surface area contributed by atoms with Crippen LogP contribution >= 0.6 is 0 Å². The molecule has 2 heterocycles. The fraction of sp³-hybridized carbons (Fsp3) is 0.533. The van der Waals surface area contributed by atoms with Crippen molar-refractivity contribution >= 4 is 17.7 Å². The second-order valence-corrected chi connectivity index (χ2v) is 6.47. The molecule has 2 rings (SSSR count). The van der Waals surface area contributed by atoms with Crippen LogP contribution in [0, 0.1) is 11.3 Å². The average Bonchev–Trinajstić information content (AvgIpc) is 2.88. The van der Waals surface area contributed by atoms with E-state index in [0.717, 1.165) is 19.5 Å². The normalized spacial score (nSPS) is 18.6. The summed E-state index contributed by atoms with van der Waals surface area (Å²) in [5.41, 5.74) is 0.658. The molecule has 21 heavy (non-hydrogen) atoms. The fourth-order valence-corrected chi connectivity index (χ4v) is 2.45. The number of aromatic nitrogens is 1. The van der Waals surface area contributed by atoms with Gasteiger partial charge in [-0.3, -0.25) is 0 Å². The van der Waals surface area contributed by atoms with E-state index in [1.807, 2.05) is 0 Å². The van der Waals surface area contributed by atoms with Crippen molar-refractivity contribution in [3.63, 3.8) is 0 Å². The number of hydrogen-bond donors (Lipinski definition) is 2. The van der Waals surface area contributed by atoms with Gasteiger partial charge in [-0.15, -0.1) is 0 Å². The SMILES string of the molecule is CC(C)(C)C1CCN(C(=O)Nc2ccc(C(=O)O)nc2)C1. The van der Waals surface area contributed by atoms with E-state index < -0.39 is 5.97 Å². The standard InChI is InChI=1S/C15H21N3O3/c1-15(2,3)10-6-7-18(9-10)14(21)17-11-4-5-12(13(19)20)16-8-11/h4-5,8,10H,6-7,9H2,1-3H3,(H,17,21)(H,19,20). The minimum Gasteiger partial charge on any atom is -0.477 e. The van der Waals surface area contributed by atoms with Gasteiger partial charge in [-0.2, -0.15) is 0 Å². The van der Waals surface area contributed by atoms with Crippen LogP contribution in [-0.2, 0) is 0 Å². The first-order valence-corrected chi connectivity index (χ1v) is 7.02. The number of hydrogen-bond acceptors (Lipinski definition) is 3. The predicted molar refractivity (Wildman–Crippen MR) is 79.4 cm³/mol. The molecule has 0 saturated carbocycles. The highest BCUT2D eigenvalue weighted by Crippen LogP contribution is 2.33. The number of nitrogens with zero attached hydrogens (tertiary/aromatic N) is 2. The number of rotatable bonds is 2. The Balaban J connectivity index is 1.95. The molecule has 1 aromatic heterocycles. The number of aromatic carboxylic acids is 1. The number of carbonyl (C=O) groups excluding carboxylic acids is 1. The van der Waals surface area contributed by atoms with Crippen LogP contribution < -0.4 is 5.32 Å². The molecule has 0 spiro atoms. The molecule has 114 valence electrons. The quantitative estimate of drug-likeness (QED) is 0.877. The number of pyridine rings is 1. The summed E-state index contributed by atoms with van der Waals surface area (Å²) in [6.07, 6.45) is 2.37. The molecule has 0 radical (unpaired) electrons. The Labute approximate surface area is 124 Å². The van der Waals surface area contributed by atoms with E-state index >= 15 is 0 Å². The van der Waals surface area contributed by atoms with Gasteiger partial charge < -0.3 is 15.3 Å². The number of likely N-dealkylation sites (tertiary alicyclic amines) is 1. The number of carbonyl (C=O) groups is 2. The van der Waals surface area contributed by atoms with Gasteiger partial charge in [0.1, 0.15) is 5.69 Å². The van der Waals surface area contributed by atoms with E-state index in [2.05, 4.69) is 31.1 Å². The summed E-state index contributed by atoms with van der Waals surface area (Å²) in [5, 5.41) is 11.5. The number of anilines is 1. The van der Waals surface area contributed by atoms with Crippen molar-refractivity contribution in [2.75, 3.05) is 18.4 Å². The minimum atomic E-state index is -1.08. The van der Waals surface area contributed by atoms with Crippen molar-refractivity contribution in [2.45, 2.75) is 27.2 Å². The van der Waals surface area contributed by atoms with E-state index in [9.17, 15) is 9.59 Å². The molecular weight excluding hydrogens is 270 g/mol. The number of carboxylic acids is 1. The molecule has 0 aliphatic carbocycles. The highest BCUT2D eigenvalue weighted by molar-refractivity contribution is 5.90. The lowest BCUT2D eigenvalue weighted by Crippen LogP contribution is -2.34. The van der Waals surface area contributed by atoms with Crippen molar-refractivity contribution < 1.29 is 14.7 Å². The van der Waals surface area contributed by atoms with Gasteiger partial charge in [0.05, 0.1) is 11.9 Å². The van der Waals surface area contributed by atoms with E-state index in [4.69, 9.17) is 5.11 Å². The zero-order chi connectivity index (χ0) is 15.6. The summed E-state index contributed by atoms with van der Waals surface area (Å²) in [6.45, 7) is 8.05. The van der Waals surface area contributed by atoms with Crippen molar-refractivity contribution in [2.24, 2.45) is 11.3 Å². The first-order valence-electron chi connectivity index (χ1n) is 7.02. The molecule has 6 nitrogen and oxygen atoms in total. The highest BCUT2D eigenvalue weighted by atomic mass is 16.4. The van der Waals surface area contributed by atoms with Crippen molar-refractivity contribution in [3.05, 3.63) is 24.0 Å². The van der Waals surface area contributed by atoms with Crippen LogP contribution in [0.2, 0.25) is 0 Å². The zero-order valence-corrected chi connectivity index (χ0v) is 12.6. The van der Waals surface area contributed by atoms with Crippen LogP contribution in [0.4, 0.5) is 10.5 Å². The lowest BCUT2D eigenvalue weighted by atomic mass is 9.80.